The van der Waals surface area contributed by atoms with Crippen LogP contribution in [0.15, 0.2) is 30.7 Å². The number of thiazole rings is 1. The summed E-state index contributed by atoms with van der Waals surface area (Å²) in [6.45, 7) is 7.03. The molecule has 5 nitrogen and oxygen atoms in total. The Morgan fingerprint density at radius 3 is 2.75 bits per heavy atom. The Hall–Kier alpha value is -2.18. The van der Waals surface area contributed by atoms with E-state index in [1.165, 1.54) is 10.4 Å². The molecule has 3 aromatic rings. The van der Waals surface area contributed by atoms with Gasteiger partial charge in [0.1, 0.15) is 0 Å². The van der Waals surface area contributed by atoms with Crippen LogP contribution < -0.4 is 0 Å². The number of hydrogen-bond donors (Lipinski definition) is 0. The Kier molecular flexibility index (Phi) is 4.08. The first-order valence-electron chi connectivity index (χ1n) is 8.09. The molecule has 0 bridgehead atoms. The van der Waals surface area contributed by atoms with E-state index in [0.717, 1.165) is 53.8 Å². The molecule has 0 saturated heterocycles. The summed E-state index contributed by atoms with van der Waals surface area (Å²) < 4.78 is 0. The Morgan fingerprint density at radius 2 is 2.00 bits per heavy atom. The van der Waals surface area contributed by atoms with Crippen LogP contribution >= 0.6 is 11.3 Å². The molecule has 0 atom stereocenters. The fourth-order valence-electron chi connectivity index (χ4n) is 3.06. The molecule has 0 unspecified atom stereocenters. The number of fused-ring (bicyclic) bond motifs is 1. The average molecular weight is 337 g/mol. The van der Waals surface area contributed by atoms with Gasteiger partial charge in [-0.15, -0.1) is 11.3 Å². The van der Waals surface area contributed by atoms with Gasteiger partial charge in [-0.1, -0.05) is 0 Å². The third kappa shape index (κ3) is 3.07. The number of nitrogens with zero attached hydrogens (tertiary/aromatic N) is 5. The molecule has 4 heterocycles. The quantitative estimate of drug-likeness (QED) is 0.735. The van der Waals surface area contributed by atoms with Gasteiger partial charge >= 0.3 is 0 Å². The van der Waals surface area contributed by atoms with Gasteiger partial charge in [0.15, 0.2) is 5.82 Å². The van der Waals surface area contributed by atoms with Gasteiger partial charge in [0.2, 0.25) is 0 Å². The molecule has 1 aliphatic rings. The SMILES string of the molecule is Cc1nc(C)c(CN2CCc3cnc(-c4ccncc4)nc3C2)s1. The molecule has 0 amide bonds. The van der Waals surface area contributed by atoms with E-state index in [1.54, 1.807) is 23.7 Å². The monoisotopic (exact) mass is 337 g/mol. The van der Waals surface area contributed by atoms with Crippen LogP contribution in [0.4, 0.5) is 0 Å². The van der Waals surface area contributed by atoms with E-state index < -0.39 is 0 Å². The lowest BCUT2D eigenvalue weighted by Gasteiger charge is -2.27. The van der Waals surface area contributed by atoms with Crippen molar-refractivity contribution in [1.29, 1.82) is 0 Å². The fraction of sp³-hybridized carbons (Fsp3) is 0.333. The minimum atomic E-state index is 0.780. The first-order valence-corrected chi connectivity index (χ1v) is 8.91. The lowest BCUT2D eigenvalue weighted by molar-refractivity contribution is 0.243. The van der Waals surface area contributed by atoms with E-state index in [-0.39, 0.29) is 0 Å². The van der Waals surface area contributed by atoms with Crippen molar-refractivity contribution in [2.45, 2.75) is 33.4 Å². The van der Waals surface area contributed by atoms with Crippen molar-refractivity contribution < 1.29 is 0 Å². The molecular formula is C18H19N5S. The number of hydrogen-bond acceptors (Lipinski definition) is 6. The lowest BCUT2D eigenvalue weighted by Crippen LogP contribution is -2.31. The van der Waals surface area contributed by atoms with E-state index in [9.17, 15) is 0 Å². The second kappa shape index (κ2) is 6.37. The maximum Gasteiger partial charge on any atom is 0.159 e. The van der Waals surface area contributed by atoms with E-state index in [0.29, 0.717) is 0 Å². The number of rotatable bonds is 3. The normalized spacial score (nSPS) is 14.6. The van der Waals surface area contributed by atoms with Gasteiger partial charge in [-0.05, 0) is 38.0 Å². The highest BCUT2D eigenvalue weighted by molar-refractivity contribution is 7.11. The summed E-state index contributed by atoms with van der Waals surface area (Å²) in [4.78, 5) is 21.7. The molecule has 1 aliphatic heterocycles. The van der Waals surface area contributed by atoms with Crippen molar-refractivity contribution in [2.75, 3.05) is 6.54 Å². The second-order valence-corrected chi connectivity index (χ2v) is 7.39. The minimum Gasteiger partial charge on any atom is -0.292 e. The number of aromatic nitrogens is 4. The van der Waals surface area contributed by atoms with Crippen LogP contribution in [0.2, 0.25) is 0 Å². The molecule has 0 fully saturated rings. The van der Waals surface area contributed by atoms with Gasteiger partial charge in [0.05, 0.1) is 16.4 Å². The van der Waals surface area contributed by atoms with Crippen molar-refractivity contribution in [3.05, 3.63) is 57.6 Å². The largest absolute Gasteiger partial charge is 0.292 e. The molecule has 0 radical (unpaired) electrons. The Morgan fingerprint density at radius 1 is 1.17 bits per heavy atom. The van der Waals surface area contributed by atoms with E-state index >= 15 is 0 Å². The first kappa shape index (κ1) is 15.4. The summed E-state index contributed by atoms with van der Waals surface area (Å²) in [7, 11) is 0. The van der Waals surface area contributed by atoms with Gasteiger partial charge in [-0.25, -0.2) is 15.0 Å². The molecule has 0 spiro atoms. The van der Waals surface area contributed by atoms with E-state index in [4.69, 9.17) is 4.98 Å². The summed E-state index contributed by atoms with van der Waals surface area (Å²) in [5.74, 6) is 0.780. The van der Waals surface area contributed by atoms with E-state index in [1.807, 2.05) is 18.3 Å². The molecule has 122 valence electrons. The molecular weight excluding hydrogens is 318 g/mol. The predicted molar refractivity (Wildman–Crippen MR) is 94.7 cm³/mol. The highest BCUT2D eigenvalue weighted by atomic mass is 32.1. The molecule has 24 heavy (non-hydrogen) atoms. The Balaban J connectivity index is 1.56. The van der Waals surface area contributed by atoms with Crippen LogP contribution in [0.5, 0.6) is 0 Å². The van der Waals surface area contributed by atoms with Gasteiger partial charge in [-0.3, -0.25) is 9.88 Å². The molecule has 0 aliphatic carbocycles. The van der Waals surface area contributed by atoms with Gasteiger partial charge in [-0.2, -0.15) is 0 Å². The van der Waals surface area contributed by atoms with Crippen molar-refractivity contribution in [3.63, 3.8) is 0 Å². The maximum absolute atomic E-state index is 4.81. The van der Waals surface area contributed by atoms with Gasteiger partial charge in [0.25, 0.3) is 0 Å². The first-order chi connectivity index (χ1) is 11.7. The zero-order chi connectivity index (χ0) is 16.5. The maximum atomic E-state index is 4.81. The van der Waals surface area contributed by atoms with E-state index in [2.05, 4.69) is 33.7 Å². The van der Waals surface area contributed by atoms with Gasteiger partial charge in [0, 0.05) is 48.7 Å². The second-order valence-electron chi connectivity index (χ2n) is 6.10. The van der Waals surface area contributed by atoms with Crippen molar-refractivity contribution in [2.24, 2.45) is 0 Å². The summed E-state index contributed by atoms with van der Waals surface area (Å²) in [6, 6.07) is 3.90. The highest BCUT2D eigenvalue weighted by Gasteiger charge is 2.20. The lowest BCUT2D eigenvalue weighted by atomic mass is 10.1. The molecule has 6 heteroatoms. The average Bonchev–Trinajstić information content (AvgIpc) is 2.92. The summed E-state index contributed by atoms with van der Waals surface area (Å²) in [6.07, 6.45) is 6.54. The van der Waals surface area contributed by atoms with Crippen LogP contribution in [0.1, 0.15) is 26.8 Å². The summed E-state index contributed by atoms with van der Waals surface area (Å²) in [5.41, 5.74) is 4.57. The van der Waals surface area contributed by atoms with Crippen LogP contribution in [-0.4, -0.2) is 31.4 Å². The summed E-state index contributed by atoms with van der Waals surface area (Å²) in [5, 5.41) is 1.14. The summed E-state index contributed by atoms with van der Waals surface area (Å²) >= 11 is 1.80. The molecule has 0 saturated carbocycles. The number of aryl methyl sites for hydroxylation is 2. The van der Waals surface area contributed by atoms with Crippen LogP contribution in [-0.2, 0) is 19.5 Å². The molecule has 4 rings (SSSR count). The number of pyridine rings is 1. The van der Waals surface area contributed by atoms with Gasteiger partial charge < -0.3 is 0 Å². The van der Waals surface area contributed by atoms with Crippen LogP contribution in [0.3, 0.4) is 0 Å². The highest BCUT2D eigenvalue weighted by Crippen LogP contribution is 2.24. The van der Waals surface area contributed by atoms with Crippen LogP contribution in [0, 0.1) is 13.8 Å². The third-order valence-corrected chi connectivity index (χ3v) is 5.39. The minimum absolute atomic E-state index is 0.780. The molecule has 0 aromatic carbocycles. The predicted octanol–water partition coefficient (Wildman–Crippen LogP) is 3.17. The smallest absolute Gasteiger partial charge is 0.159 e. The topological polar surface area (TPSA) is 54.8 Å². The zero-order valence-corrected chi connectivity index (χ0v) is 14.7. The third-order valence-electron chi connectivity index (χ3n) is 4.33. The Labute approximate surface area is 145 Å². The molecule has 3 aromatic heterocycles. The fourth-order valence-corrected chi connectivity index (χ4v) is 4.04. The van der Waals surface area contributed by atoms with Crippen molar-refractivity contribution >= 4 is 11.3 Å². The van der Waals surface area contributed by atoms with Crippen LogP contribution in [0.25, 0.3) is 11.4 Å². The standard InChI is InChI=1S/C18H19N5S/c1-12-17(24-13(2)21-12)11-23-8-5-15-9-20-18(22-16(15)10-23)14-3-6-19-7-4-14/h3-4,6-7,9H,5,8,10-11H2,1-2H3. The van der Waals surface area contributed by atoms with Crippen molar-refractivity contribution in [3.8, 4) is 11.4 Å². The zero-order valence-electron chi connectivity index (χ0n) is 13.9. The molecule has 0 N–H and O–H groups in total. The Bertz CT molecular complexity index is 859. The van der Waals surface area contributed by atoms with Crippen molar-refractivity contribution in [1.82, 2.24) is 24.8 Å².